The molecule has 5 nitrogen and oxygen atoms in total. The number of hydrogen-bond acceptors (Lipinski definition) is 3. The fraction of sp³-hybridized carbons (Fsp3) is 0.500. The average molecular weight is 339 g/mol. The Labute approximate surface area is 147 Å². The van der Waals surface area contributed by atoms with E-state index in [1.54, 1.807) is 6.20 Å². The molecule has 2 aromatic rings. The van der Waals surface area contributed by atoms with Crippen molar-refractivity contribution in [3.05, 3.63) is 45.7 Å². The highest BCUT2D eigenvalue weighted by molar-refractivity contribution is 5.97. The van der Waals surface area contributed by atoms with Gasteiger partial charge in [0, 0.05) is 43.7 Å². The molecule has 132 valence electrons. The highest BCUT2D eigenvalue weighted by Crippen LogP contribution is 2.36. The summed E-state index contributed by atoms with van der Waals surface area (Å²) in [5.41, 5.74) is 2.24. The van der Waals surface area contributed by atoms with Gasteiger partial charge in [-0.25, -0.2) is 0 Å². The minimum Gasteiger partial charge on any atom is -0.350 e. The van der Waals surface area contributed by atoms with Crippen molar-refractivity contribution >= 4 is 16.8 Å². The van der Waals surface area contributed by atoms with Crippen molar-refractivity contribution in [2.75, 3.05) is 26.2 Å². The number of carbonyl (C=O) groups excluding carboxylic acids is 1. The van der Waals surface area contributed by atoms with Crippen molar-refractivity contribution in [3.8, 4) is 0 Å². The Morgan fingerprint density at radius 2 is 2.12 bits per heavy atom. The number of piperidine rings is 1. The molecule has 4 rings (SSSR count). The molecule has 2 aliphatic heterocycles. The minimum absolute atomic E-state index is 0.119. The molecular weight excluding hydrogens is 314 g/mol. The van der Waals surface area contributed by atoms with Crippen LogP contribution < -0.4 is 10.7 Å². The standard InChI is InChI=1S/C20H25N3O2/c1-14-4-5-17-15(10-14)18(24)16(11-22(17)2)19(25)23-9-7-20(13-23)6-3-8-21-12-20/h4-5,10-11,21H,3,6-9,12-13H2,1-2H3. The molecule has 0 radical (unpaired) electrons. The number of amides is 1. The lowest BCUT2D eigenvalue weighted by molar-refractivity contribution is 0.0762. The number of fused-ring (bicyclic) bond motifs is 1. The summed E-state index contributed by atoms with van der Waals surface area (Å²) in [5.74, 6) is -0.119. The first-order valence-electron chi connectivity index (χ1n) is 9.09. The van der Waals surface area contributed by atoms with Crippen LogP contribution in [-0.4, -0.2) is 41.6 Å². The number of nitrogens with zero attached hydrogens (tertiary/aromatic N) is 2. The molecule has 2 fully saturated rings. The van der Waals surface area contributed by atoms with Crippen LogP contribution in [0.2, 0.25) is 0 Å². The summed E-state index contributed by atoms with van der Waals surface area (Å²) >= 11 is 0. The summed E-state index contributed by atoms with van der Waals surface area (Å²) in [4.78, 5) is 27.9. The summed E-state index contributed by atoms with van der Waals surface area (Å²) in [6.45, 7) is 5.52. The highest BCUT2D eigenvalue weighted by atomic mass is 16.2. The van der Waals surface area contributed by atoms with Crippen LogP contribution >= 0.6 is 0 Å². The Bertz CT molecular complexity index is 894. The van der Waals surface area contributed by atoms with E-state index in [-0.39, 0.29) is 16.8 Å². The van der Waals surface area contributed by atoms with Gasteiger partial charge in [-0.1, -0.05) is 11.6 Å². The monoisotopic (exact) mass is 339 g/mol. The summed E-state index contributed by atoms with van der Waals surface area (Å²) in [7, 11) is 1.89. The van der Waals surface area contributed by atoms with Crippen LogP contribution in [0.1, 0.15) is 35.2 Å². The molecule has 1 spiro atoms. The topological polar surface area (TPSA) is 54.3 Å². The van der Waals surface area contributed by atoms with Crippen LogP contribution in [0.5, 0.6) is 0 Å². The van der Waals surface area contributed by atoms with Gasteiger partial charge in [0.05, 0.1) is 5.52 Å². The van der Waals surface area contributed by atoms with Gasteiger partial charge >= 0.3 is 0 Å². The molecule has 2 aliphatic rings. The minimum atomic E-state index is -0.149. The van der Waals surface area contributed by atoms with E-state index >= 15 is 0 Å². The molecule has 0 bridgehead atoms. The molecule has 2 saturated heterocycles. The van der Waals surface area contributed by atoms with Gasteiger partial charge in [-0.15, -0.1) is 0 Å². The van der Waals surface area contributed by atoms with Crippen molar-refractivity contribution in [1.29, 1.82) is 0 Å². The SMILES string of the molecule is Cc1ccc2c(c1)c(=O)c(C(=O)N1CCC3(CCCNC3)C1)cn2C. The second-order valence-electron chi connectivity index (χ2n) is 7.76. The molecule has 1 aromatic heterocycles. The highest BCUT2D eigenvalue weighted by Gasteiger charge is 2.41. The number of aromatic nitrogens is 1. The lowest BCUT2D eigenvalue weighted by Crippen LogP contribution is -2.43. The van der Waals surface area contributed by atoms with Gasteiger partial charge in [0.15, 0.2) is 0 Å². The first-order chi connectivity index (χ1) is 12.0. The Hall–Kier alpha value is -2.14. The quantitative estimate of drug-likeness (QED) is 0.865. The van der Waals surface area contributed by atoms with Crippen molar-refractivity contribution in [3.63, 3.8) is 0 Å². The van der Waals surface area contributed by atoms with Gasteiger partial charge in [-0.2, -0.15) is 0 Å². The Kier molecular flexibility index (Phi) is 3.91. The van der Waals surface area contributed by atoms with Crippen LogP contribution in [-0.2, 0) is 7.05 Å². The summed E-state index contributed by atoms with van der Waals surface area (Å²) in [6, 6.07) is 5.81. The van der Waals surface area contributed by atoms with E-state index in [1.807, 2.05) is 41.6 Å². The van der Waals surface area contributed by atoms with Crippen LogP contribution in [0, 0.1) is 12.3 Å². The molecule has 1 N–H and O–H groups in total. The number of rotatable bonds is 1. The number of aryl methyl sites for hydroxylation is 2. The van der Waals surface area contributed by atoms with Crippen molar-refractivity contribution in [1.82, 2.24) is 14.8 Å². The summed E-state index contributed by atoms with van der Waals surface area (Å²) < 4.78 is 1.89. The van der Waals surface area contributed by atoms with E-state index in [0.29, 0.717) is 10.9 Å². The molecule has 3 heterocycles. The second-order valence-corrected chi connectivity index (χ2v) is 7.76. The maximum Gasteiger partial charge on any atom is 0.259 e. The number of nitrogens with one attached hydrogen (secondary N) is 1. The fourth-order valence-corrected chi connectivity index (χ4v) is 4.42. The summed E-state index contributed by atoms with van der Waals surface area (Å²) in [6.07, 6.45) is 5.06. The van der Waals surface area contributed by atoms with Gasteiger partial charge < -0.3 is 14.8 Å². The third-order valence-corrected chi connectivity index (χ3v) is 5.86. The molecule has 1 atom stereocenters. The zero-order chi connectivity index (χ0) is 17.6. The third-order valence-electron chi connectivity index (χ3n) is 5.86. The smallest absolute Gasteiger partial charge is 0.259 e. The Balaban J connectivity index is 1.69. The van der Waals surface area contributed by atoms with Crippen LogP contribution in [0.15, 0.2) is 29.2 Å². The van der Waals surface area contributed by atoms with Crippen molar-refractivity contribution < 1.29 is 4.79 Å². The predicted molar refractivity (Wildman–Crippen MR) is 99.0 cm³/mol. The molecule has 1 aromatic carbocycles. The first kappa shape index (κ1) is 16.3. The van der Waals surface area contributed by atoms with Crippen molar-refractivity contribution in [2.45, 2.75) is 26.2 Å². The van der Waals surface area contributed by atoms with E-state index < -0.39 is 0 Å². The maximum absolute atomic E-state index is 13.1. The molecule has 25 heavy (non-hydrogen) atoms. The number of carbonyl (C=O) groups is 1. The van der Waals surface area contributed by atoms with E-state index in [4.69, 9.17) is 0 Å². The summed E-state index contributed by atoms with van der Waals surface area (Å²) in [5, 5.41) is 4.09. The number of hydrogen-bond donors (Lipinski definition) is 1. The lowest BCUT2D eigenvalue weighted by atomic mass is 9.80. The third kappa shape index (κ3) is 2.76. The zero-order valence-corrected chi connectivity index (χ0v) is 15.0. The largest absolute Gasteiger partial charge is 0.350 e. The van der Waals surface area contributed by atoms with E-state index in [0.717, 1.165) is 43.7 Å². The van der Waals surface area contributed by atoms with Gasteiger partial charge in [0.1, 0.15) is 5.56 Å². The first-order valence-corrected chi connectivity index (χ1v) is 9.09. The van der Waals surface area contributed by atoms with Crippen molar-refractivity contribution in [2.24, 2.45) is 12.5 Å². The van der Waals surface area contributed by atoms with E-state index in [9.17, 15) is 9.59 Å². The maximum atomic E-state index is 13.1. The predicted octanol–water partition coefficient (Wildman–Crippen LogP) is 2.06. The van der Waals surface area contributed by atoms with Gasteiger partial charge in [-0.05, 0) is 44.9 Å². The second kappa shape index (κ2) is 5.99. The Morgan fingerprint density at radius 1 is 1.28 bits per heavy atom. The van der Waals surface area contributed by atoms with Gasteiger partial charge in [-0.3, -0.25) is 9.59 Å². The van der Waals surface area contributed by atoms with Gasteiger partial charge in [0.2, 0.25) is 5.43 Å². The van der Waals surface area contributed by atoms with Crippen LogP contribution in [0.3, 0.4) is 0 Å². The molecular formula is C20H25N3O2. The Morgan fingerprint density at radius 3 is 2.88 bits per heavy atom. The molecule has 0 saturated carbocycles. The normalized spacial score (nSPS) is 23.5. The molecule has 5 heteroatoms. The molecule has 1 unspecified atom stereocenters. The number of pyridine rings is 1. The fourth-order valence-electron chi connectivity index (χ4n) is 4.42. The van der Waals surface area contributed by atoms with E-state index in [2.05, 4.69) is 5.32 Å². The zero-order valence-electron chi connectivity index (χ0n) is 15.0. The number of likely N-dealkylation sites (tertiary alicyclic amines) is 1. The molecule has 0 aliphatic carbocycles. The van der Waals surface area contributed by atoms with Crippen LogP contribution in [0.25, 0.3) is 10.9 Å². The van der Waals surface area contributed by atoms with Gasteiger partial charge in [0.25, 0.3) is 5.91 Å². The average Bonchev–Trinajstić information content (AvgIpc) is 3.01. The van der Waals surface area contributed by atoms with Crippen LogP contribution in [0.4, 0.5) is 0 Å². The molecule has 1 amide bonds. The van der Waals surface area contributed by atoms with E-state index in [1.165, 1.54) is 12.8 Å². The lowest BCUT2D eigenvalue weighted by Gasteiger charge is -2.33. The number of benzene rings is 1.